The zero-order valence-corrected chi connectivity index (χ0v) is 13.8. The Bertz CT molecular complexity index is 485. The number of hydrogen-bond acceptors (Lipinski definition) is 4. The molecular formula is C17H27N3O2. The Balaban J connectivity index is 1.96. The van der Waals surface area contributed by atoms with Crippen molar-refractivity contribution >= 4 is 11.6 Å². The van der Waals surface area contributed by atoms with Crippen LogP contribution in [0.25, 0.3) is 0 Å². The van der Waals surface area contributed by atoms with Gasteiger partial charge in [-0.1, -0.05) is 19.1 Å². The maximum atomic E-state index is 12.3. The van der Waals surface area contributed by atoms with E-state index in [0.717, 1.165) is 44.2 Å². The number of ether oxygens (including phenoxy) is 1. The van der Waals surface area contributed by atoms with E-state index in [4.69, 9.17) is 4.74 Å². The molecule has 1 saturated heterocycles. The van der Waals surface area contributed by atoms with Crippen LogP contribution in [0.5, 0.6) is 5.75 Å². The van der Waals surface area contributed by atoms with Gasteiger partial charge in [-0.15, -0.1) is 0 Å². The summed E-state index contributed by atoms with van der Waals surface area (Å²) in [6, 6.07) is 8.12. The lowest BCUT2D eigenvalue weighted by molar-refractivity contribution is -0.135. The molecule has 1 aliphatic heterocycles. The smallest absolute Gasteiger partial charge is 0.226 e. The highest BCUT2D eigenvalue weighted by molar-refractivity contribution is 5.79. The number of para-hydroxylation sites is 2. The summed E-state index contributed by atoms with van der Waals surface area (Å²) in [7, 11) is 1.88. The lowest BCUT2D eigenvalue weighted by Gasteiger charge is -2.37. The Morgan fingerprint density at radius 3 is 2.59 bits per heavy atom. The van der Waals surface area contributed by atoms with Crippen LogP contribution in [-0.2, 0) is 4.79 Å². The van der Waals surface area contributed by atoms with Crippen LogP contribution in [0.2, 0.25) is 0 Å². The molecule has 1 aromatic carbocycles. The highest BCUT2D eigenvalue weighted by Gasteiger charge is 2.25. The summed E-state index contributed by atoms with van der Waals surface area (Å²) in [5.41, 5.74) is 1.12. The third kappa shape index (κ3) is 3.91. The SMILES string of the molecule is CCOc1ccccc1N1CCN(C(=O)C(C)CNC)CC1. The van der Waals surface area contributed by atoms with E-state index in [2.05, 4.69) is 16.3 Å². The van der Waals surface area contributed by atoms with Crippen molar-refractivity contribution in [2.24, 2.45) is 5.92 Å². The maximum Gasteiger partial charge on any atom is 0.226 e. The second kappa shape index (κ2) is 8.03. The second-order valence-electron chi connectivity index (χ2n) is 5.67. The average Bonchev–Trinajstić information content (AvgIpc) is 2.55. The fourth-order valence-electron chi connectivity index (χ4n) is 2.87. The monoisotopic (exact) mass is 305 g/mol. The number of nitrogens with zero attached hydrogens (tertiary/aromatic N) is 2. The minimum Gasteiger partial charge on any atom is -0.492 e. The zero-order valence-electron chi connectivity index (χ0n) is 13.8. The van der Waals surface area contributed by atoms with Crippen molar-refractivity contribution < 1.29 is 9.53 Å². The first-order valence-corrected chi connectivity index (χ1v) is 8.07. The Morgan fingerprint density at radius 2 is 1.95 bits per heavy atom. The molecule has 1 heterocycles. The molecule has 0 saturated carbocycles. The van der Waals surface area contributed by atoms with Gasteiger partial charge in [0.15, 0.2) is 0 Å². The van der Waals surface area contributed by atoms with Gasteiger partial charge in [-0.05, 0) is 26.1 Å². The molecule has 0 aromatic heterocycles. The van der Waals surface area contributed by atoms with Crippen LogP contribution in [0, 0.1) is 5.92 Å². The zero-order chi connectivity index (χ0) is 15.9. The maximum absolute atomic E-state index is 12.3. The van der Waals surface area contributed by atoms with Crippen LogP contribution >= 0.6 is 0 Å². The molecular weight excluding hydrogens is 278 g/mol. The first-order valence-electron chi connectivity index (χ1n) is 8.07. The summed E-state index contributed by atoms with van der Waals surface area (Å²) in [4.78, 5) is 16.6. The molecule has 2 rings (SSSR count). The number of amides is 1. The largest absolute Gasteiger partial charge is 0.492 e. The Morgan fingerprint density at radius 1 is 1.27 bits per heavy atom. The Labute approximate surface area is 133 Å². The van der Waals surface area contributed by atoms with Gasteiger partial charge < -0.3 is 19.9 Å². The third-order valence-electron chi connectivity index (χ3n) is 4.03. The number of carbonyl (C=O) groups is 1. The van der Waals surface area contributed by atoms with E-state index in [0.29, 0.717) is 6.61 Å². The van der Waals surface area contributed by atoms with Crippen LogP contribution < -0.4 is 15.0 Å². The molecule has 1 N–H and O–H groups in total. The number of benzene rings is 1. The molecule has 1 amide bonds. The molecule has 1 unspecified atom stereocenters. The summed E-state index contributed by atoms with van der Waals surface area (Å²) in [6.45, 7) is 8.61. The number of hydrogen-bond donors (Lipinski definition) is 1. The van der Waals surface area contributed by atoms with Gasteiger partial charge in [0, 0.05) is 38.6 Å². The Hall–Kier alpha value is -1.75. The number of anilines is 1. The highest BCUT2D eigenvalue weighted by Crippen LogP contribution is 2.28. The molecule has 5 nitrogen and oxygen atoms in total. The van der Waals surface area contributed by atoms with Gasteiger partial charge in [-0.2, -0.15) is 0 Å². The second-order valence-corrected chi connectivity index (χ2v) is 5.67. The van der Waals surface area contributed by atoms with Crippen LogP contribution in [0.1, 0.15) is 13.8 Å². The normalized spacial score (nSPS) is 16.5. The predicted octanol–water partition coefficient (Wildman–Crippen LogP) is 1.59. The van der Waals surface area contributed by atoms with Crippen molar-refractivity contribution in [2.75, 3.05) is 51.3 Å². The molecule has 1 fully saturated rings. The molecule has 122 valence electrons. The fourth-order valence-corrected chi connectivity index (χ4v) is 2.87. The van der Waals surface area contributed by atoms with E-state index in [1.165, 1.54) is 0 Å². The molecule has 22 heavy (non-hydrogen) atoms. The van der Waals surface area contributed by atoms with E-state index in [9.17, 15) is 4.79 Å². The first-order chi connectivity index (χ1) is 10.7. The quantitative estimate of drug-likeness (QED) is 0.867. The summed E-state index contributed by atoms with van der Waals surface area (Å²) in [5.74, 6) is 1.20. The minimum atomic E-state index is 0.0345. The lowest BCUT2D eigenvalue weighted by atomic mass is 10.1. The summed E-state index contributed by atoms with van der Waals surface area (Å²) >= 11 is 0. The van der Waals surface area contributed by atoms with E-state index < -0.39 is 0 Å². The van der Waals surface area contributed by atoms with Gasteiger partial charge in [-0.25, -0.2) is 0 Å². The van der Waals surface area contributed by atoms with Gasteiger partial charge in [0.05, 0.1) is 12.3 Å². The van der Waals surface area contributed by atoms with Gasteiger partial charge in [-0.3, -0.25) is 4.79 Å². The van der Waals surface area contributed by atoms with Crippen LogP contribution in [0.15, 0.2) is 24.3 Å². The predicted molar refractivity (Wildman–Crippen MR) is 89.5 cm³/mol. The van der Waals surface area contributed by atoms with E-state index in [1.54, 1.807) is 0 Å². The van der Waals surface area contributed by atoms with Crippen LogP contribution in [0.4, 0.5) is 5.69 Å². The van der Waals surface area contributed by atoms with Crippen LogP contribution in [0.3, 0.4) is 0 Å². The van der Waals surface area contributed by atoms with Crippen molar-refractivity contribution in [3.63, 3.8) is 0 Å². The van der Waals surface area contributed by atoms with E-state index in [-0.39, 0.29) is 11.8 Å². The molecule has 1 aliphatic rings. The van der Waals surface area contributed by atoms with Gasteiger partial charge in [0.2, 0.25) is 5.91 Å². The minimum absolute atomic E-state index is 0.0345. The van der Waals surface area contributed by atoms with Crippen molar-refractivity contribution in [1.29, 1.82) is 0 Å². The average molecular weight is 305 g/mol. The molecule has 1 atom stereocenters. The van der Waals surface area contributed by atoms with Gasteiger partial charge >= 0.3 is 0 Å². The summed E-state index contributed by atoms with van der Waals surface area (Å²) in [6.07, 6.45) is 0. The van der Waals surface area contributed by atoms with Gasteiger partial charge in [0.1, 0.15) is 5.75 Å². The number of carbonyl (C=O) groups excluding carboxylic acids is 1. The fraction of sp³-hybridized carbons (Fsp3) is 0.588. The number of piperazine rings is 1. The van der Waals surface area contributed by atoms with E-state index in [1.807, 2.05) is 44.0 Å². The molecule has 0 radical (unpaired) electrons. The van der Waals surface area contributed by atoms with Crippen molar-refractivity contribution in [2.45, 2.75) is 13.8 Å². The highest BCUT2D eigenvalue weighted by atomic mass is 16.5. The van der Waals surface area contributed by atoms with Crippen molar-refractivity contribution in [1.82, 2.24) is 10.2 Å². The molecule has 1 aromatic rings. The molecule has 0 spiro atoms. The van der Waals surface area contributed by atoms with Crippen molar-refractivity contribution in [3.8, 4) is 5.75 Å². The first kappa shape index (κ1) is 16.6. The summed E-state index contributed by atoms with van der Waals surface area (Å²) < 4.78 is 5.70. The van der Waals surface area contributed by atoms with Crippen molar-refractivity contribution in [3.05, 3.63) is 24.3 Å². The third-order valence-corrected chi connectivity index (χ3v) is 4.03. The van der Waals surface area contributed by atoms with Crippen LogP contribution in [-0.4, -0.2) is 57.2 Å². The number of nitrogens with one attached hydrogen (secondary N) is 1. The topological polar surface area (TPSA) is 44.8 Å². The summed E-state index contributed by atoms with van der Waals surface area (Å²) in [5, 5.41) is 3.07. The molecule has 0 aliphatic carbocycles. The van der Waals surface area contributed by atoms with Gasteiger partial charge in [0.25, 0.3) is 0 Å². The Kier molecular flexibility index (Phi) is 6.07. The number of rotatable bonds is 6. The molecule has 0 bridgehead atoms. The lowest BCUT2D eigenvalue weighted by Crippen LogP contribution is -2.51. The standard InChI is InChI=1S/C17H27N3O2/c1-4-22-16-8-6-5-7-15(16)19-9-11-20(12-10-19)17(21)14(2)13-18-3/h5-8,14,18H,4,9-13H2,1-3H3. The van der Waals surface area contributed by atoms with E-state index >= 15 is 0 Å². The molecule has 5 heteroatoms.